The maximum Gasteiger partial charge on any atom is 0.310 e. The molecule has 19 heavy (non-hydrogen) atoms. The predicted molar refractivity (Wildman–Crippen MR) is 69.0 cm³/mol. The van der Waals surface area contributed by atoms with Gasteiger partial charge in [0.2, 0.25) is 5.91 Å². The van der Waals surface area contributed by atoms with E-state index in [0.717, 1.165) is 19.4 Å². The first-order valence-corrected chi connectivity index (χ1v) is 6.70. The van der Waals surface area contributed by atoms with Gasteiger partial charge in [0.15, 0.2) is 0 Å². The molecule has 0 aromatic carbocycles. The number of hydrogen-bond donors (Lipinski definition) is 1. The summed E-state index contributed by atoms with van der Waals surface area (Å²) in [6, 6.07) is 1.97. The Morgan fingerprint density at radius 1 is 1.53 bits per heavy atom. The van der Waals surface area contributed by atoms with Gasteiger partial charge in [-0.15, -0.1) is 0 Å². The van der Waals surface area contributed by atoms with Crippen LogP contribution in [-0.4, -0.2) is 49.6 Å². The normalized spacial score (nSPS) is 19.5. The maximum atomic E-state index is 11.7. The summed E-state index contributed by atoms with van der Waals surface area (Å²) in [6.07, 6.45) is 2.04. The van der Waals surface area contributed by atoms with Gasteiger partial charge in [0.25, 0.3) is 0 Å². The van der Waals surface area contributed by atoms with E-state index in [-0.39, 0.29) is 24.3 Å². The molecule has 6 heteroatoms. The number of likely N-dealkylation sites (tertiary alicyclic amines) is 1. The molecule has 0 spiro atoms. The quantitative estimate of drug-likeness (QED) is 0.552. The van der Waals surface area contributed by atoms with Crippen LogP contribution in [0, 0.1) is 17.2 Å². The summed E-state index contributed by atoms with van der Waals surface area (Å²) in [5.41, 5.74) is 0. The van der Waals surface area contributed by atoms with E-state index in [2.05, 4.69) is 5.32 Å². The summed E-state index contributed by atoms with van der Waals surface area (Å²) in [5, 5.41) is 11.1. The Balaban J connectivity index is 2.32. The Morgan fingerprint density at radius 2 is 2.32 bits per heavy atom. The van der Waals surface area contributed by atoms with Gasteiger partial charge in [0, 0.05) is 13.1 Å². The number of nitrogens with one attached hydrogen (secondary N) is 1. The van der Waals surface area contributed by atoms with Crippen molar-refractivity contribution in [2.75, 3.05) is 32.8 Å². The lowest BCUT2D eigenvalue weighted by molar-refractivity contribution is -0.150. The van der Waals surface area contributed by atoms with Gasteiger partial charge in [0.05, 0.1) is 31.6 Å². The number of ether oxygens (including phenoxy) is 1. The molecule has 1 heterocycles. The molecular formula is C13H21N3O3. The molecule has 0 aromatic heterocycles. The number of rotatable bonds is 6. The van der Waals surface area contributed by atoms with Gasteiger partial charge < -0.3 is 10.1 Å². The fourth-order valence-corrected chi connectivity index (χ4v) is 2.17. The average Bonchev–Trinajstić information content (AvgIpc) is 2.39. The monoisotopic (exact) mass is 267 g/mol. The minimum absolute atomic E-state index is 0.0974. The zero-order chi connectivity index (χ0) is 14.1. The summed E-state index contributed by atoms with van der Waals surface area (Å²) in [7, 11) is 0. The minimum atomic E-state index is -0.169. The van der Waals surface area contributed by atoms with Crippen LogP contribution in [0.1, 0.15) is 26.2 Å². The number of piperidine rings is 1. The first-order valence-electron chi connectivity index (χ1n) is 6.70. The fourth-order valence-electron chi connectivity index (χ4n) is 2.17. The van der Waals surface area contributed by atoms with Crippen molar-refractivity contribution in [3.63, 3.8) is 0 Å². The lowest BCUT2D eigenvalue weighted by Gasteiger charge is -2.30. The number of esters is 1. The summed E-state index contributed by atoms with van der Waals surface area (Å²) in [4.78, 5) is 25.2. The van der Waals surface area contributed by atoms with Crippen molar-refractivity contribution in [2.45, 2.75) is 26.2 Å². The largest absolute Gasteiger partial charge is 0.466 e. The Kier molecular flexibility index (Phi) is 6.90. The molecule has 1 aliphatic rings. The van der Waals surface area contributed by atoms with Crippen molar-refractivity contribution < 1.29 is 14.3 Å². The second-order valence-corrected chi connectivity index (χ2v) is 4.58. The maximum absolute atomic E-state index is 11.7. The van der Waals surface area contributed by atoms with Crippen LogP contribution in [0.3, 0.4) is 0 Å². The smallest absolute Gasteiger partial charge is 0.310 e. The van der Waals surface area contributed by atoms with Crippen molar-refractivity contribution in [1.29, 1.82) is 5.26 Å². The number of amides is 1. The topological polar surface area (TPSA) is 82.4 Å². The molecule has 1 N–H and O–H groups in total. The van der Waals surface area contributed by atoms with Crippen LogP contribution >= 0.6 is 0 Å². The lowest BCUT2D eigenvalue weighted by atomic mass is 9.98. The molecule has 1 amide bonds. The standard InChI is InChI=1S/C13H21N3O3/c1-2-19-13(18)11-5-3-8-16(9-11)10-12(17)15-7-4-6-14/h11H,2-5,7-10H2,1H3,(H,15,17). The van der Waals surface area contributed by atoms with Crippen LogP contribution < -0.4 is 5.32 Å². The number of nitrogens with zero attached hydrogens (tertiary/aromatic N) is 2. The summed E-state index contributed by atoms with van der Waals surface area (Å²) < 4.78 is 5.01. The third-order valence-electron chi connectivity index (χ3n) is 3.05. The van der Waals surface area contributed by atoms with E-state index >= 15 is 0 Å². The molecular weight excluding hydrogens is 246 g/mol. The second-order valence-electron chi connectivity index (χ2n) is 4.58. The number of hydrogen-bond acceptors (Lipinski definition) is 5. The van der Waals surface area contributed by atoms with Gasteiger partial charge in [-0.25, -0.2) is 0 Å². The zero-order valence-corrected chi connectivity index (χ0v) is 11.4. The molecule has 0 radical (unpaired) electrons. The van der Waals surface area contributed by atoms with Crippen LogP contribution in [0.25, 0.3) is 0 Å². The van der Waals surface area contributed by atoms with E-state index in [9.17, 15) is 9.59 Å². The third-order valence-corrected chi connectivity index (χ3v) is 3.05. The zero-order valence-electron chi connectivity index (χ0n) is 11.4. The van der Waals surface area contributed by atoms with Gasteiger partial charge >= 0.3 is 5.97 Å². The Morgan fingerprint density at radius 3 is 3.00 bits per heavy atom. The van der Waals surface area contributed by atoms with Crippen molar-refractivity contribution in [3.8, 4) is 6.07 Å². The van der Waals surface area contributed by atoms with E-state index in [0.29, 0.717) is 26.1 Å². The fraction of sp³-hybridized carbons (Fsp3) is 0.769. The molecule has 1 atom stereocenters. The van der Waals surface area contributed by atoms with Crippen LogP contribution in [0.2, 0.25) is 0 Å². The SMILES string of the molecule is CCOC(=O)C1CCCN(CC(=O)NCCC#N)C1. The molecule has 1 rings (SSSR count). The second kappa shape index (κ2) is 8.48. The highest BCUT2D eigenvalue weighted by atomic mass is 16.5. The van der Waals surface area contributed by atoms with Gasteiger partial charge in [-0.3, -0.25) is 14.5 Å². The first kappa shape index (κ1) is 15.4. The van der Waals surface area contributed by atoms with E-state index in [1.807, 2.05) is 11.0 Å². The number of nitriles is 1. The molecule has 0 aliphatic carbocycles. The van der Waals surface area contributed by atoms with Crippen molar-refractivity contribution in [3.05, 3.63) is 0 Å². The van der Waals surface area contributed by atoms with Crippen LogP contribution in [0.4, 0.5) is 0 Å². The highest BCUT2D eigenvalue weighted by molar-refractivity contribution is 5.78. The average molecular weight is 267 g/mol. The summed E-state index contributed by atoms with van der Waals surface area (Å²) in [6.45, 7) is 4.24. The molecule has 1 saturated heterocycles. The van der Waals surface area contributed by atoms with Gasteiger partial charge in [-0.2, -0.15) is 5.26 Å². The lowest BCUT2D eigenvalue weighted by Crippen LogP contribution is -2.44. The first-order chi connectivity index (χ1) is 9.17. The number of carbonyl (C=O) groups excluding carboxylic acids is 2. The van der Waals surface area contributed by atoms with Gasteiger partial charge in [-0.05, 0) is 26.3 Å². The Bertz CT molecular complexity index is 352. The van der Waals surface area contributed by atoms with Crippen LogP contribution in [0.15, 0.2) is 0 Å². The van der Waals surface area contributed by atoms with Crippen LogP contribution in [0.5, 0.6) is 0 Å². The Labute approximate surface area is 113 Å². The van der Waals surface area contributed by atoms with E-state index in [4.69, 9.17) is 10.00 Å². The third kappa shape index (κ3) is 5.71. The highest BCUT2D eigenvalue weighted by Gasteiger charge is 2.27. The molecule has 1 fully saturated rings. The molecule has 106 valence electrons. The van der Waals surface area contributed by atoms with Crippen molar-refractivity contribution in [2.24, 2.45) is 5.92 Å². The molecule has 1 aliphatic heterocycles. The molecule has 0 saturated carbocycles. The summed E-state index contributed by atoms with van der Waals surface area (Å²) in [5.74, 6) is -0.391. The van der Waals surface area contributed by atoms with Crippen molar-refractivity contribution in [1.82, 2.24) is 10.2 Å². The summed E-state index contributed by atoms with van der Waals surface area (Å²) >= 11 is 0. The minimum Gasteiger partial charge on any atom is -0.466 e. The molecule has 0 aromatic rings. The van der Waals surface area contributed by atoms with Gasteiger partial charge in [-0.1, -0.05) is 0 Å². The molecule has 0 bridgehead atoms. The van der Waals surface area contributed by atoms with Crippen molar-refractivity contribution >= 4 is 11.9 Å². The Hall–Kier alpha value is -1.61. The molecule has 1 unspecified atom stereocenters. The highest BCUT2D eigenvalue weighted by Crippen LogP contribution is 2.17. The number of carbonyl (C=O) groups is 2. The van der Waals surface area contributed by atoms with E-state index in [1.54, 1.807) is 6.92 Å². The molecule has 6 nitrogen and oxygen atoms in total. The van der Waals surface area contributed by atoms with E-state index < -0.39 is 0 Å². The predicted octanol–water partition coefficient (Wildman–Crippen LogP) is 0.291. The van der Waals surface area contributed by atoms with Crippen LogP contribution in [-0.2, 0) is 14.3 Å². The van der Waals surface area contributed by atoms with E-state index in [1.165, 1.54) is 0 Å². The van der Waals surface area contributed by atoms with Gasteiger partial charge in [0.1, 0.15) is 0 Å².